The SMILES string of the molecule is O=C(Nc1ncc(-c2ccccc2F)cn1)c1ccc(F)cc1. The number of aromatic nitrogens is 2. The average molecular weight is 311 g/mol. The molecule has 23 heavy (non-hydrogen) atoms. The van der Waals surface area contributed by atoms with E-state index in [4.69, 9.17) is 0 Å². The van der Waals surface area contributed by atoms with Crippen molar-refractivity contribution in [1.29, 1.82) is 0 Å². The Labute approximate surface area is 130 Å². The fourth-order valence-corrected chi connectivity index (χ4v) is 2.00. The van der Waals surface area contributed by atoms with Crippen LogP contribution in [-0.4, -0.2) is 15.9 Å². The van der Waals surface area contributed by atoms with Crippen molar-refractivity contribution in [2.45, 2.75) is 0 Å². The Hall–Kier alpha value is -3.15. The van der Waals surface area contributed by atoms with E-state index in [0.29, 0.717) is 11.1 Å². The molecule has 0 aliphatic rings. The van der Waals surface area contributed by atoms with Crippen LogP contribution in [0.5, 0.6) is 0 Å². The second-order valence-corrected chi connectivity index (χ2v) is 4.74. The van der Waals surface area contributed by atoms with E-state index in [1.165, 1.54) is 42.7 Å². The van der Waals surface area contributed by atoms with Gasteiger partial charge in [0.1, 0.15) is 11.6 Å². The smallest absolute Gasteiger partial charge is 0.258 e. The molecule has 2 aromatic carbocycles. The first-order chi connectivity index (χ1) is 11.1. The van der Waals surface area contributed by atoms with Crippen LogP contribution in [0.15, 0.2) is 60.9 Å². The van der Waals surface area contributed by atoms with Crippen LogP contribution in [0.4, 0.5) is 14.7 Å². The van der Waals surface area contributed by atoms with Crippen LogP contribution in [-0.2, 0) is 0 Å². The second kappa shape index (κ2) is 6.31. The van der Waals surface area contributed by atoms with Gasteiger partial charge in [0.05, 0.1) is 0 Å². The third-order valence-electron chi connectivity index (χ3n) is 3.17. The molecule has 0 saturated heterocycles. The summed E-state index contributed by atoms with van der Waals surface area (Å²) in [5.74, 6) is -1.17. The van der Waals surface area contributed by atoms with Crippen molar-refractivity contribution in [2.75, 3.05) is 5.32 Å². The lowest BCUT2D eigenvalue weighted by atomic mass is 10.1. The summed E-state index contributed by atoms with van der Waals surface area (Å²) in [6.45, 7) is 0. The van der Waals surface area contributed by atoms with Crippen LogP contribution >= 0.6 is 0 Å². The zero-order valence-electron chi connectivity index (χ0n) is 11.8. The summed E-state index contributed by atoms with van der Waals surface area (Å²) < 4.78 is 26.5. The Morgan fingerprint density at radius 1 is 0.913 bits per heavy atom. The molecule has 4 nitrogen and oxygen atoms in total. The predicted octanol–water partition coefficient (Wildman–Crippen LogP) is 3.67. The minimum atomic E-state index is -0.455. The van der Waals surface area contributed by atoms with E-state index < -0.39 is 11.7 Å². The fraction of sp³-hybridized carbons (Fsp3) is 0. The van der Waals surface area contributed by atoms with Gasteiger partial charge < -0.3 is 0 Å². The lowest BCUT2D eigenvalue weighted by molar-refractivity contribution is 0.102. The average Bonchev–Trinajstić information content (AvgIpc) is 2.57. The summed E-state index contributed by atoms with van der Waals surface area (Å²) >= 11 is 0. The van der Waals surface area contributed by atoms with Crippen molar-refractivity contribution in [3.05, 3.63) is 78.1 Å². The molecule has 3 aromatic rings. The topological polar surface area (TPSA) is 54.9 Å². The molecule has 0 radical (unpaired) electrons. The van der Waals surface area contributed by atoms with Gasteiger partial charge in [-0.1, -0.05) is 18.2 Å². The molecule has 0 saturated carbocycles. The zero-order valence-corrected chi connectivity index (χ0v) is 11.8. The molecule has 0 atom stereocenters. The third kappa shape index (κ3) is 3.37. The van der Waals surface area contributed by atoms with Gasteiger partial charge in [0, 0.05) is 29.1 Å². The Bertz CT molecular complexity index is 833. The highest BCUT2D eigenvalue weighted by atomic mass is 19.1. The molecule has 1 N–H and O–H groups in total. The Kier molecular flexibility index (Phi) is 4.05. The zero-order chi connectivity index (χ0) is 16.2. The number of hydrogen-bond acceptors (Lipinski definition) is 3. The first kappa shape index (κ1) is 14.8. The lowest BCUT2D eigenvalue weighted by Crippen LogP contribution is -2.14. The van der Waals surface area contributed by atoms with Crippen LogP contribution in [0.2, 0.25) is 0 Å². The molecule has 1 heterocycles. The van der Waals surface area contributed by atoms with E-state index in [9.17, 15) is 13.6 Å². The molecule has 0 fully saturated rings. The number of halogens is 2. The standard InChI is InChI=1S/C17H11F2N3O/c18-13-7-5-11(6-8-13)16(23)22-17-20-9-12(10-21-17)14-3-1-2-4-15(14)19/h1-10H,(H,20,21,22,23). The number of amides is 1. The van der Waals surface area contributed by atoms with Gasteiger partial charge in [-0.2, -0.15) is 0 Å². The van der Waals surface area contributed by atoms with Crippen molar-refractivity contribution in [2.24, 2.45) is 0 Å². The summed E-state index contributed by atoms with van der Waals surface area (Å²) in [6, 6.07) is 11.4. The van der Waals surface area contributed by atoms with Crippen LogP contribution in [0.25, 0.3) is 11.1 Å². The van der Waals surface area contributed by atoms with Gasteiger partial charge in [0.25, 0.3) is 5.91 Å². The van der Waals surface area contributed by atoms with Crippen LogP contribution in [0.1, 0.15) is 10.4 Å². The molecule has 0 aliphatic carbocycles. The highest BCUT2D eigenvalue weighted by Gasteiger charge is 2.09. The predicted molar refractivity (Wildman–Crippen MR) is 81.8 cm³/mol. The van der Waals surface area contributed by atoms with Crippen molar-refractivity contribution < 1.29 is 13.6 Å². The number of benzene rings is 2. The number of hydrogen-bond donors (Lipinski definition) is 1. The van der Waals surface area contributed by atoms with Crippen molar-refractivity contribution >= 4 is 11.9 Å². The number of carbonyl (C=O) groups is 1. The van der Waals surface area contributed by atoms with Gasteiger partial charge in [-0.05, 0) is 30.3 Å². The molecule has 114 valence electrons. The van der Waals surface area contributed by atoms with E-state index in [0.717, 1.165) is 0 Å². The number of rotatable bonds is 3. The van der Waals surface area contributed by atoms with E-state index in [-0.39, 0.29) is 17.3 Å². The minimum absolute atomic E-state index is 0.0828. The fourth-order valence-electron chi connectivity index (χ4n) is 2.00. The highest BCUT2D eigenvalue weighted by Crippen LogP contribution is 2.21. The molecular weight excluding hydrogens is 300 g/mol. The quantitative estimate of drug-likeness (QED) is 0.803. The van der Waals surface area contributed by atoms with Gasteiger partial charge in [0.15, 0.2) is 0 Å². The Morgan fingerprint density at radius 2 is 1.57 bits per heavy atom. The molecule has 3 rings (SSSR count). The van der Waals surface area contributed by atoms with Crippen molar-refractivity contribution in [3.63, 3.8) is 0 Å². The summed E-state index contributed by atoms with van der Waals surface area (Å²) in [4.78, 5) is 20.0. The maximum Gasteiger partial charge on any atom is 0.258 e. The molecule has 1 aromatic heterocycles. The molecule has 0 spiro atoms. The maximum atomic E-state index is 13.7. The minimum Gasteiger partial charge on any atom is -0.290 e. The molecule has 0 aliphatic heterocycles. The van der Waals surface area contributed by atoms with Gasteiger partial charge in [-0.25, -0.2) is 18.7 Å². The number of carbonyl (C=O) groups excluding carboxylic acids is 1. The van der Waals surface area contributed by atoms with Gasteiger partial charge in [-0.3, -0.25) is 10.1 Å². The third-order valence-corrected chi connectivity index (χ3v) is 3.17. The molecular formula is C17H11F2N3O. The van der Waals surface area contributed by atoms with Crippen LogP contribution in [0.3, 0.4) is 0 Å². The number of nitrogens with zero attached hydrogens (tertiary/aromatic N) is 2. The van der Waals surface area contributed by atoms with Crippen LogP contribution < -0.4 is 5.32 Å². The van der Waals surface area contributed by atoms with Crippen molar-refractivity contribution in [1.82, 2.24) is 9.97 Å². The molecule has 0 unspecified atom stereocenters. The van der Waals surface area contributed by atoms with E-state index in [1.807, 2.05) is 0 Å². The summed E-state index contributed by atoms with van der Waals surface area (Å²) in [5, 5.41) is 2.49. The monoisotopic (exact) mass is 311 g/mol. The van der Waals surface area contributed by atoms with Crippen LogP contribution in [0, 0.1) is 11.6 Å². The Morgan fingerprint density at radius 3 is 2.22 bits per heavy atom. The van der Waals surface area contributed by atoms with E-state index in [1.54, 1.807) is 18.2 Å². The van der Waals surface area contributed by atoms with Gasteiger partial charge in [-0.15, -0.1) is 0 Å². The highest BCUT2D eigenvalue weighted by molar-refractivity contribution is 6.03. The van der Waals surface area contributed by atoms with Gasteiger partial charge in [0.2, 0.25) is 5.95 Å². The summed E-state index contributed by atoms with van der Waals surface area (Å²) in [6.07, 6.45) is 2.84. The lowest BCUT2D eigenvalue weighted by Gasteiger charge is -2.05. The Balaban J connectivity index is 1.76. The van der Waals surface area contributed by atoms with Gasteiger partial charge >= 0.3 is 0 Å². The largest absolute Gasteiger partial charge is 0.290 e. The summed E-state index contributed by atoms with van der Waals surface area (Å²) in [7, 11) is 0. The number of anilines is 1. The molecule has 0 bridgehead atoms. The first-order valence-corrected chi connectivity index (χ1v) is 6.77. The molecule has 1 amide bonds. The molecule has 6 heteroatoms. The summed E-state index contributed by atoms with van der Waals surface area (Å²) in [5.41, 5.74) is 1.17. The van der Waals surface area contributed by atoms with Crippen molar-refractivity contribution in [3.8, 4) is 11.1 Å². The number of nitrogens with one attached hydrogen (secondary N) is 1. The maximum absolute atomic E-state index is 13.7. The normalized spacial score (nSPS) is 10.3. The first-order valence-electron chi connectivity index (χ1n) is 6.77. The second-order valence-electron chi connectivity index (χ2n) is 4.74. The van der Waals surface area contributed by atoms with E-state index >= 15 is 0 Å². The van der Waals surface area contributed by atoms with E-state index in [2.05, 4.69) is 15.3 Å².